The Morgan fingerprint density at radius 2 is 1.70 bits per heavy atom. The van der Waals surface area contributed by atoms with Crippen molar-refractivity contribution in [1.29, 1.82) is 0 Å². The molecule has 0 N–H and O–H groups in total. The van der Waals surface area contributed by atoms with Gasteiger partial charge >= 0.3 is 0 Å². The molecule has 0 atom stereocenters. The number of methoxy groups -OCH3 is 1. The summed E-state index contributed by atoms with van der Waals surface area (Å²) in [6.07, 6.45) is 15.7. The Bertz CT molecular complexity index is 441. The maximum absolute atomic E-state index is 5.74. The molecule has 1 aromatic rings. The fourth-order valence-corrected chi connectivity index (χ4v) is 3.42. The van der Waals surface area contributed by atoms with Crippen LogP contribution in [-0.2, 0) is 0 Å². The summed E-state index contributed by atoms with van der Waals surface area (Å²) in [6.45, 7) is 2.94. The Morgan fingerprint density at radius 1 is 1.00 bits per heavy atom. The van der Waals surface area contributed by atoms with Gasteiger partial charge < -0.3 is 9.47 Å². The van der Waals surface area contributed by atoms with Gasteiger partial charge in [-0.15, -0.1) is 0 Å². The van der Waals surface area contributed by atoms with Crippen LogP contribution in [0.15, 0.2) is 36.4 Å². The summed E-state index contributed by atoms with van der Waals surface area (Å²) in [5.74, 6) is 3.51. The van der Waals surface area contributed by atoms with Crippen LogP contribution in [0, 0.1) is 11.8 Å². The summed E-state index contributed by atoms with van der Waals surface area (Å²) < 4.78 is 10.9. The molecule has 0 radical (unpaired) electrons. The molecule has 0 saturated heterocycles. The number of hydrogen-bond acceptors (Lipinski definition) is 2. The second-order valence-electron chi connectivity index (χ2n) is 6.69. The predicted molar refractivity (Wildman–Crippen MR) is 97.2 cm³/mol. The Labute approximate surface area is 141 Å². The summed E-state index contributed by atoms with van der Waals surface area (Å²) >= 11 is 0. The third kappa shape index (κ3) is 6.68. The van der Waals surface area contributed by atoms with E-state index in [4.69, 9.17) is 9.47 Å². The van der Waals surface area contributed by atoms with Gasteiger partial charge in [0.05, 0.1) is 7.11 Å². The molecule has 2 rings (SSSR count). The van der Waals surface area contributed by atoms with Crippen molar-refractivity contribution >= 4 is 0 Å². The fraction of sp³-hybridized carbons (Fsp3) is 0.619. The van der Waals surface area contributed by atoms with E-state index in [2.05, 4.69) is 19.1 Å². The van der Waals surface area contributed by atoms with Gasteiger partial charge in [0.2, 0.25) is 0 Å². The first-order valence-corrected chi connectivity index (χ1v) is 9.25. The molecule has 1 saturated carbocycles. The first-order valence-electron chi connectivity index (χ1n) is 9.25. The first kappa shape index (κ1) is 17.9. The molecular weight excluding hydrogens is 284 g/mol. The molecule has 0 aromatic heterocycles. The highest BCUT2D eigenvalue weighted by Gasteiger charge is 2.18. The van der Waals surface area contributed by atoms with Crippen molar-refractivity contribution in [2.45, 2.75) is 58.3 Å². The molecule has 0 heterocycles. The van der Waals surface area contributed by atoms with Crippen LogP contribution in [-0.4, -0.2) is 13.7 Å². The maximum Gasteiger partial charge on any atom is 0.120 e. The molecule has 2 nitrogen and oxygen atoms in total. The lowest BCUT2D eigenvalue weighted by Crippen LogP contribution is -2.13. The average Bonchev–Trinajstić information content (AvgIpc) is 2.61. The van der Waals surface area contributed by atoms with Crippen LogP contribution in [0.3, 0.4) is 0 Å². The Kier molecular flexibility index (Phi) is 8.06. The molecule has 128 valence electrons. The van der Waals surface area contributed by atoms with Crippen molar-refractivity contribution in [2.75, 3.05) is 13.7 Å². The second-order valence-corrected chi connectivity index (χ2v) is 6.69. The predicted octanol–water partition coefficient (Wildman–Crippen LogP) is 6.02. The van der Waals surface area contributed by atoms with Gasteiger partial charge in [0.25, 0.3) is 0 Å². The molecular formula is C21H32O2. The third-order valence-corrected chi connectivity index (χ3v) is 4.92. The van der Waals surface area contributed by atoms with E-state index in [1.54, 1.807) is 7.11 Å². The van der Waals surface area contributed by atoms with Gasteiger partial charge in [-0.2, -0.15) is 0 Å². The monoisotopic (exact) mass is 316 g/mol. The molecule has 0 bridgehead atoms. The molecule has 1 fully saturated rings. The number of rotatable bonds is 9. The van der Waals surface area contributed by atoms with Crippen molar-refractivity contribution < 1.29 is 9.47 Å². The van der Waals surface area contributed by atoms with Crippen molar-refractivity contribution in [1.82, 2.24) is 0 Å². The number of unbranched alkanes of at least 4 members (excludes halogenated alkanes) is 2. The standard InChI is InChI=1S/C21H32O2/c1-3-4-5-7-18-9-11-19(12-10-18)8-6-17-23-21-15-13-20(22-2)14-16-21/h6,8,13-16,18-19H,3-5,7,9-12,17H2,1-2H3. The van der Waals surface area contributed by atoms with Crippen LogP contribution in [0.4, 0.5) is 0 Å². The van der Waals surface area contributed by atoms with E-state index in [1.807, 2.05) is 24.3 Å². The smallest absolute Gasteiger partial charge is 0.120 e. The molecule has 0 unspecified atom stereocenters. The van der Waals surface area contributed by atoms with Crippen LogP contribution in [0.2, 0.25) is 0 Å². The highest BCUT2D eigenvalue weighted by molar-refractivity contribution is 5.31. The van der Waals surface area contributed by atoms with E-state index in [0.29, 0.717) is 6.61 Å². The molecule has 1 aromatic carbocycles. The Balaban J connectivity index is 1.61. The molecule has 0 spiro atoms. The molecule has 0 amide bonds. The summed E-state index contributed by atoms with van der Waals surface area (Å²) in [5.41, 5.74) is 0. The van der Waals surface area contributed by atoms with Gasteiger partial charge in [-0.25, -0.2) is 0 Å². The minimum Gasteiger partial charge on any atom is -0.497 e. The highest BCUT2D eigenvalue weighted by atomic mass is 16.5. The Hall–Kier alpha value is -1.44. The molecule has 1 aliphatic carbocycles. The number of allylic oxidation sites excluding steroid dienone is 1. The van der Waals surface area contributed by atoms with Crippen LogP contribution < -0.4 is 9.47 Å². The van der Waals surface area contributed by atoms with Gasteiger partial charge in [0.1, 0.15) is 18.1 Å². The fourth-order valence-electron chi connectivity index (χ4n) is 3.42. The quantitative estimate of drug-likeness (QED) is 0.410. The zero-order valence-corrected chi connectivity index (χ0v) is 14.8. The van der Waals surface area contributed by atoms with Crippen molar-refractivity contribution in [3.8, 4) is 11.5 Å². The SMILES string of the molecule is CCCCCC1CCC(C=CCOc2ccc(OC)cc2)CC1. The van der Waals surface area contributed by atoms with Gasteiger partial charge in [0, 0.05) is 0 Å². The van der Waals surface area contributed by atoms with Crippen molar-refractivity contribution in [3.63, 3.8) is 0 Å². The van der Waals surface area contributed by atoms with Gasteiger partial charge in [0.15, 0.2) is 0 Å². The Morgan fingerprint density at radius 3 is 2.35 bits per heavy atom. The van der Waals surface area contributed by atoms with Crippen molar-refractivity contribution in [3.05, 3.63) is 36.4 Å². The molecule has 0 aliphatic heterocycles. The minimum atomic E-state index is 0.656. The van der Waals surface area contributed by atoms with Crippen LogP contribution in [0.1, 0.15) is 58.3 Å². The first-order chi connectivity index (χ1) is 11.3. The summed E-state index contributed by atoms with van der Waals surface area (Å²) in [7, 11) is 1.68. The van der Waals surface area contributed by atoms with E-state index < -0.39 is 0 Å². The number of ether oxygens (including phenoxy) is 2. The number of hydrogen-bond donors (Lipinski definition) is 0. The lowest BCUT2D eigenvalue weighted by Gasteiger charge is -2.26. The average molecular weight is 316 g/mol. The zero-order chi connectivity index (χ0) is 16.3. The summed E-state index contributed by atoms with van der Waals surface area (Å²) in [5, 5.41) is 0. The zero-order valence-electron chi connectivity index (χ0n) is 14.8. The van der Waals surface area contributed by atoms with Gasteiger partial charge in [-0.05, 0) is 61.8 Å². The topological polar surface area (TPSA) is 18.5 Å². The molecule has 1 aliphatic rings. The minimum absolute atomic E-state index is 0.656. The maximum atomic E-state index is 5.74. The summed E-state index contributed by atoms with van der Waals surface area (Å²) in [6, 6.07) is 7.76. The van der Waals surface area contributed by atoms with Gasteiger partial charge in [-0.3, -0.25) is 0 Å². The highest BCUT2D eigenvalue weighted by Crippen LogP contribution is 2.32. The largest absolute Gasteiger partial charge is 0.497 e. The van der Waals surface area contributed by atoms with E-state index in [9.17, 15) is 0 Å². The van der Waals surface area contributed by atoms with E-state index in [-0.39, 0.29) is 0 Å². The van der Waals surface area contributed by atoms with Crippen LogP contribution in [0.5, 0.6) is 11.5 Å². The summed E-state index contributed by atoms with van der Waals surface area (Å²) in [4.78, 5) is 0. The lowest BCUT2D eigenvalue weighted by atomic mass is 9.79. The molecule has 23 heavy (non-hydrogen) atoms. The van der Waals surface area contributed by atoms with E-state index in [1.165, 1.54) is 51.4 Å². The third-order valence-electron chi connectivity index (χ3n) is 4.92. The lowest BCUT2D eigenvalue weighted by molar-refractivity contribution is 0.288. The second kappa shape index (κ2) is 10.4. The normalized spacial score (nSPS) is 21.5. The van der Waals surface area contributed by atoms with Gasteiger partial charge in [-0.1, -0.05) is 44.8 Å². The van der Waals surface area contributed by atoms with Crippen LogP contribution in [0.25, 0.3) is 0 Å². The van der Waals surface area contributed by atoms with Crippen molar-refractivity contribution in [2.24, 2.45) is 11.8 Å². The van der Waals surface area contributed by atoms with Crippen LogP contribution >= 0.6 is 0 Å². The van der Waals surface area contributed by atoms with E-state index >= 15 is 0 Å². The van der Waals surface area contributed by atoms with E-state index in [0.717, 1.165) is 23.3 Å². The number of benzene rings is 1. The molecule has 2 heteroatoms.